The second-order valence-corrected chi connectivity index (χ2v) is 9.84. The van der Waals surface area contributed by atoms with Gasteiger partial charge in [-0.1, -0.05) is 0 Å². The van der Waals surface area contributed by atoms with Crippen LogP contribution in [0.3, 0.4) is 0 Å². The molecule has 0 N–H and O–H groups in total. The smallest absolute Gasteiger partial charge is 0.270 e. The summed E-state index contributed by atoms with van der Waals surface area (Å²) in [4.78, 5) is 32.2. The topological polar surface area (TPSA) is 48.8 Å². The molecule has 0 saturated carbocycles. The molecule has 0 bridgehead atoms. The third-order valence-corrected chi connectivity index (χ3v) is 6.94. The lowest BCUT2D eigenvalue weighted by molar-refractivity contribution is -0.0495. The van der Waals surface area contributed by atoms with Crippen molar-refractivity contribution in [1.82, 2.24) is 19.3 Å². The van der Waals surface area contributed by atoms with Gasteiger partial charge in [0.25, 0.3) is 17.7 Å². The minimum atomic E-state index is -2.70. The summed E-state index contributed by atoms with van der Waals surface area (Å²) in [5, 5.41) is 0.820. The van der Waals surface area contributed by atoms with Gasteiger partial charge < -0.3 is 14.4 Å². The van der Waals surface area contributed by atoms with Crippen LogP contribution in [0.5, 0.6) is 0 Å². The molecule has 6 nitrogen and oxygen atoms in total. The van der Waals surface area contributed by atoms with Gasteiger partial charge in [0.1, 0.15) is 5.69 Å². The quantitative estimate of drug-likeness (QED) is 0.685. The Hall–Kier alpha value is -2.48. The van der Waals surface area contributed by atoms with E-state index in [-0.39, 0.29) is 43.8 Å². The molecule has 2 saturated heterocycles. The Kier molecular flexibility index (Phi) is 6.49. The predicted octanol–water partition coefficient (Wildman–Crippen LogP) is 4.26. The third-order valence-electron chi connectivity index (χ3n) is 6.94. The molecule has 0 aliphatic carbocycles. The van der Waals surface area contributed by atoms with Crippen molar-refractivity contribution in [3.63, 3.8) is 0 Å². The number of hydrogen-bond donors (Lipinski definition) is 0. The molecule has 0 unspecified atom stereocenters. The van der Waals surface area contributed by atoms with Crippen LogP contribution in [0.25, 0.3) is 10.9 Å². The van der Waals surface area contributed by atoms with Gasteiger partial charge in [0.05, 0.1) is 0 Å². The average molecular weight is 461 g/mol. The number of alkyl halides is 2. The molecule has 4 rings (SSSR count). The van der Waals surface area contributed by atoms with E-state index in [1.807, 2.05) is 41.5 Å². The molecule has 2 fully saturated rings. The van der Waals surface area contributed by atoms with Gasteiger partial charge in [-0.3, -0.25) is 14.5 Å². The van der Waals surface area contributed by atoms with Gasteiger partial charge in [0.2, 0.25) is 0 Å². The number of piperidine rings is 1. The standard InChI is InChI=1S/C25H34F2N4O2/c1-17(2)28-11-13-30(14-12-28)23(32)19-5-6-21-20(15-19)16-22(31(21)18(3)4)24(33)29-9-7-25(26,27)8-10-29/h5-6,15-18H,7-14H2,1-4H3. The highest BCUT2D eigenvalue weighted by Crippen LogP contribution is 2.31. The summed E-state index contributed by atoms with van der Waals surface area (Å²) < 4.78 is 29.1. The van der Waals surface area contributed by atoms with Crippen molar-refractivity contribution in [2.24, 2.45) is 0 Å². The minimum Gasteiger partial charge on any atom is -0.337 e. The Balaban J connectivity index is 1.58. The lowest BCUT2D eigenvalue weighted by atomic mass is 10.1. The highest BCUT2D eigenvalue weighted by Gasteiger charge is 2.36. The zero-order chi connectivity index (χ0) is 23.9. The van der Waals surface area contributed by atoms with E-state index < -0.39 is 5.92 Å². The molecule has 3 heterocycles. The number of carbonyl (C=O) groups is 2. The van der Waals surface area contributed by atoms with Gasteiger partial charge in [0, 0.05) is 80.7 Å². The van der Waals surface area contributed by atoms with Crippen molar-refractivity contribution in [3.05, 3.63) is 35.5 Å². The van der Waals surface area contributed by atoms with Gasteiger partial charge in [-0.05, 0) is 52.0 Å². The van der Waals surface area contributed by atoms with Crippen LogP contribution >= 0.6 is 0 Å². The van der Waals surface area contributed by atoms with Crippen LogP contribution in [0.4, 0.5) is 8.78 Å². The highest BCUT2D eigenvalue weighted by atomic mass is 19.3. The Bertz CT molecular complexity index is 1030. The SMILES string of the molecule is CC(C)N1CCN(C(=O)c2ccc3c(c2)cc(C(=O)N2CCC(F)(F)CC2)n3C(C)C)CC1. The molecular weight excluding hydrogens is 426 g/mol. The van der Waals surface area contributed by atoms with E-state index >= 15 is 0 Å². The van der Waals surface area contributed by atoms with Gasteiger partial charge in [-0.25, -0.2) is 8.78 Å². The van der Waals surface area contributed by atoms with Crippen LogP contribution in [-0.4, -0.2) is 82.3 Å². The first-order valence-corrected chi connectivity index (χ1v) is 11.9. The number of halogens is 2. The second kappa shape index (κ2) is 9.05. The first kappa shape index (κ1) is 23.7. The first-order valence-electron chi connectivity index (χ1n) is 11.9. The summed E-state index contributed by atoms with van der Waals surface area (Å²) in [6.45, 7) is 11.6. The van der Waals surface area contributed by atoms with E-state index in [2.05, 4.69) is 18.7 Å². The van der Waals surface area contributed by atoms with Crippen LogP contribution in [-0.2, 0) is 0 Å². The Morgan fingerprint density at radius 2 is 1.42 bits per heavy atom. The van der Waals surface area contributed by atoms with Crippen LogP contribution < -0.4 is 0 Å². The number of carbonyl (C=O) groups excluding carboxylic acids is 2. The second-order valence-electron chi connectivity index (χ2n) is 9.84. The van der Waals surface area contributed by atoms with Gasteiger partial charge >= 0.3 is 0 Å². The summed E-state index contributed by atoms with van der Waals surface area (Å²) in [5.74, 6) is -2.92. The summed E-state index contributed by atoms with van der Waals surface area (Å²) in [6.07, 6.45) is -0.604. The monoisotopic (exact) mass is 460 g/mol. The summed E-state index contributed by atoms with van der Waals surface area (Å²) >= 11 is 0. The lowest BCUT2D eigenvalue weighted by Gasteiger charge is -2.37. The molecule has 8 heteroatoms. The molecule has 0 spiro atoms. The fraction of sp³-hybridized carbons (Fsp3) is 0.600. The fourth-order valence-electron chi connectivity index (χ4n) is 4.91. The normalized spacial score (nSPS) is 19.6. The van der Waals surface area contributed by atoms with Crippen LogP contribution in [0.2, 0.25) is 0 Å². The highest BCUT2D eigenvalue weighted by molar-refractivity contribution is 6.02. The zero-order valence-corrected chi connectivity index (χ0v) is 20.0. The van der Waals surface area contributed by atoms with Crippen LogP contribution in [0, 0.1) is 0 Å². The number of rotatable bonds is 4. The molecule has 33 heavy (non-hydrogen) atoms. The maximum atomic E-state index is 13.6. The molecular formula is C25H34F2N4O2. The molecule has 2 aromatic rings. The molecule has 0 radical (unpaired) electrons. The van der Waals surface area contributed by atoms with Crippen molar-refractivity contribution in [2.45, 2.75) is 58.5 Å². The van der Waals surface area contributed by atoms with E-state index in [0.717, 1.165) is 24.0 Å². The van der Waals surface area contributed by atoms with Crippen molar-refractivity contribution >= 4 is 22.7 Å². The van der Waals surface area contributed by atoms with Crippen molar-refractivity contribution < 1.29 is 18.4 Å². The molecule has 2 aliphatic rings. The number of piperazine rings is 1. The number of amides is 2. The Morgan fingerprint density at radius 1 is 0.818 bits per heavy atom. The zero-order valence-electron chi connectivity index (χ0n) is 20.0. The fourth-order valence-corrected chi connectivity index (χ4v) is 4.91. The van der Waals surface area contributed by atoms with Gasteiger partial charge in [0.15, 0.2) is 0 Å². The van der Waals surface area contributed by atoms with Crippen molar-refractivity contribution in [2.75, 3.05) is 39.3 Å². The first-order chi connectivity index (χ1) is 15.6. The number of fused-ring (bicyclic) bond motifs is 1. The number of likely N-dealkylation sites (tertiary alicyclic amines) is 1. The average Bonchev–Trinajstić information content (AvgIpc) is 3.17. The maximum Gasteiger partial charge on any atom is 0.270 e. The van der Waals surface area contributed by atoms with E-state index in [9.17, 15) is 18.4 Å². The molecule has 2 aliphatic heterocycles. The summed E-state index contributed by atoms with van der Waals surface area (Å²) in [5.41, 5.74) is 1.97. The largest absolute Gasteiger partial charge is 0.337 e. The van der Waals surface area contributed by atoms with Gasteiger partial charge in [-0.2, -0.15) is 0 Å². The molecule has 180 valence electrons. The number of nitrogens with zero attached hydrogens (tertiary/aromatic N) is 4. The van der Waals surface area contributed by atoms with E-state index in [0.29, 0.717) is 30.4 Å². The van der Waals surface area contributed by atoms with E-state index in [1.54, 1.807) is 6.07 Å². The number of benzene rings is 1. The van der Waals surface area contributed by atoms with E-state index in [4.69, 9.17) is 0 Å². The van der Waals surface area contributed by atoms with Gasteiger partial charge in [-0.15, -0.1) is 0 Å². The number of hydrogen-bond acceptors (Lipinski definition) is 3. The lowest BCUT2D eigenvalue weighted by Crippen LogP contribution is -2.50. The third kappa shape index (κ3) is 4.76. The Morgan fingerprint density at radius 3 is 2.00 bits per heavy atom. The molecule has 0 atom stereocenters. The minimum absolute atomic E-state index is 0.00346. The predicted molar refractivity (Wildman–Crippen MR) is 125 cm³/mol. The summed E-state index contributed by atoms with van der Waals surface area (Å²) in [7, 11) is 0. The van der Waals surface area contributed by atoms with Crippen molar-refractivity contribution in [3.8, 4) is 0 Å². The molecule has 2 amide bonds. The molecule has 1 aromatic carbocycles. The van der Waals surface area contributed by atoms with Crippen LogP contribution in [0.15, 0.2) is 24.3 Å². The van der Waals surface area contributed by atoms with Crippen molar-refractivity contribution in [1.29, 1.82) is 0 Å². The number of aromatic nitrogens is 1. The Labute approximate surface area is 194 Å². The molecule has 1 aromatic heterocycles. The van der Waals surface area contributed by atoms with Crippen LogP contribution in [0.1, 0.15) is 67.4 Å². The van der Waals surface area contributed by atoms with E-state index in [1.165, 1.54) is 4.90 Å². The maximum absolute atomic E-state index is 13.6. The summed E-state index contributed by atoms with van der Waals surface area (Å²) in [6, 6.07) is 7.86.